The molecule has 188 valence electrons. The first-order valence-electron chi connectivity index (χ1n) is 10.9. The number of carbonyl (C=O) groups excluding carboxylic acids is 1. The second-order valence-electron chi connectivity index (χ2n) is 10.1. The molecule has 1 saturated carbocycles. The van der Waals surface area contributed by atoms with Crippen LogP contribution in [0.25, 0.3) is 0 Å². The van der Waals surface area contributed by atoms with E-state index in [1.165, 1.54) is 23.1 Å². The third-order valence-corrected chi connectivity index (χ3v) is 9.78. The second kappa shape index (κ2) is 9.86. The molecule has 7 nitrogen and oxygen atoms in total. The van der Waals surface area contributed by atoms with E-state index in [1.807, 2.05) is 0 Å². The lowest BCUT2D eigenvalue weighted by molar-refractivity contribution is -0.129. The van der Waals surface area contributed by atoms with Crippen LogP contribution in [0.1, 0.15) is 12.0 Å². The first-order chi connectivity index (χ1) is 15.8. The average molecular weight is 579 g/mol. The largest absolute Gasteiger partial charge is 0.465 e. The van der Waals surface area contributed by atoms with Crippen LogP contribution in [0.2, 0.25) is 25.7 Å². The molecule has 3 rings (SSSR count). The third-order valence-electron chi connectivity index (χ3n) is 6.10. The van der Waals surface area contributed by atoms with Crippen LogP contribution in [0.5, 0.6) is 0 Å². The minimum atomic E-state index is -1.73. The SMILES string of the molecule is CN(C)C(=O)[C@]12C[C@H]1[C@@](CF)(c1cc(Br)ccc1F)N=C(N(COCC[Si](C)(C)C)C(=O)O)S2. The Kier molecular flexibility index (Phi) is 7.86. The number of nitrogens with zero attached hydrogens (tertiary/aromatic N) is 3. The molecule has 1 N–H and O–H groups in total. The molecule has 1 fully saturated rings. The van der Waals surface area contributed by atoms with Gasteiger partial charge in [-0.25, -0.2) is 23.5 Å². The van der Waals surface area contributed by atoms with Gasteiger partial charge in [0, 0.05) is 44.7 Å². The zero-order valence-corrected chi connectivity index (χ0v) is 23.3. The number of amidine groups is 1. The number of amides is 2. The van der Waals surface area contributed by atoms with Crippen molar-refractivity contribution in [3.05, 3.63) is 34.1 Å². The number of thioether (sulfide) groups is 1. The summed E-state index contributed by atoms with van der Waals surface area (Å²) in [6, 6.07) is 4.99. The molecule has 1 heterocycles. The molecule has 34 heavy (non-hydrogen) atoms. The number of ether oxygens (including phenoxy) is 1. The van der Waals surface area contributed by atoms with Gasteiger partial charge in [-0.3, -0.25) is 4.79 Å². The molecule has 0 unspecified atom stereocenters. The predicted molar refractivity (Wildman–Crippen MR) is 135 cm³/mol. The van der Waals surface area contributed by atoms with Gasteiger partial charge in [0.05, 0.1) is 0 Å². The maximum atomic E-state index is 15.0. The number of halogens is 3. The van der Waals surface area contributed by atoms with Gasteiger partial charge in [-0.15, -0.1) is 0 Å². The average Bonchev–Trinajstić information content (AvgIpc) is 3.49. The van der Waals surface area contributed by atoms with Gasteiger partial charge in [-0.2, -0.15) is 0 Å². The van der Waals surface area contributed by atoms with Crippen molar-refractivity contribution in [2.75, 3.05) is 34.1 Å². The van der Waals surface area contributed by atoms with Crippen LogP contribution < -0.4 is 0 Å². The fraction of sp³-hybridized carbons (Fsp3) is 0.591. The molecule has 3 atom stereocenters. The maximum absolute atomic E-state index is 15.0. The van der Waals surface area contributed by atoms with E-state index in [4.69, 9.17) is 4.74 Å². The van der Waals surface area contributed by atoms with E-state index in [0.717, 1.165) is 22.7 Å². The standard InChI is InChI=1S/C22H30BrF2N3O4SSi/c1-27(2)18(29)22-11-17(22)21(12-24,15-10-14(23)6-7-16(15)25)26-19(33-22)28(20(30)31)13-32-8-9-34(3,4)5/h6-7,10,17H,8-9,11-13H2,1-5H3,(H,30,31)/t17-,21+,22-/m0/s1. The lowest BCUT2D eigenvalue weighted by Gasteiger charge is -2.38. The predicted octanol–water partition coefficient (Wildman–Crippen LogP) is 5.00. The lowest BCUT2D eigenvalue weighted by atomic mass is 9.84. The van der Waals surface area contributed by atoms with Crippen LogP contribution >= 0.6 is 27.7 Å². The van der Waals surface area contributed by atoms with Gasteiger partial charge in [-0.1, -0.05) is 47.3 Å². The van der Waals surface area contributed by atoms with Crippen LogP contribution in [-0.4, -0.2) is 79.0 Å². The number of carbonyl (C=O) groups is 2. The summed E-state index contributed by atoms with van der Waals surface area (Å²) in [6.07, 6.45) is -1.09. The Labute approximate surface area is 212 Å². The molecule has 0 saturated heterocycles. The normalized spacial score (nSPS) is 25.9. The molecule has 12 heteroatoms. The van der Waals surface area contributed by atoms with Crippen LogP contribution in [0.3, 0.4) is 0 Å². The van der Waals surface area contributed by atoms with Crippen molar-refractivity contribution >= 4 is 52.9 Å². The number of aliphatic imine (C=N–C) groups is 1. The summed E-state index contributed by atoms with van der Waals surface area (Å²) in [5.41, 5.74) is -1.74. The Bertz CT molecular complexity index is 1010. The third kappa shape index (κ3) is 5.19. The van der Waals surface area contributed by atoms with Gasteiger partial charge in [0.25, 0.3) is 0 Å². The van der Waals surface area contributed by atoms with Gasteiger partial charge in [-0.05, 0) is 30.7 Å². The minimum absolute atomic E-state index is 0.00871. The molecule has 0 bridgehead atoms. The molecule has 0 aromatic heterocycles. The van der Waals surface area contributed by atoms with Crippen LogP contribution in [0, 0.1) is 11.7 Å². The summed E-state index contributed by atoms with van der Waals surface area (Å²) in [4.78, 5) is 32.1. The van der Waals surface area contributed by atoms with Crippen molar-refractivity contribution in [2.24, 2.45) is 10.9 Å². The monoisotopic (exact) mass is 577 g/mol. The van der Waals surface area contributed by atoms with Crippen molar-refractivity contribution in [1.29, 1.82) is 0 Å². The zero-order valence-electron chi connectivity index (χ0n) is 19.9. The first-order valence-corrected chi connectivity index (χ1v) is 16.2. The van der Waals surface area contributed by atoms with E-state index in [2.05, 4.69) is 40.6 Å². The summed E-state index contributed by atoms with van der Waals surface area (Å²) in [5.74, 6) is -1.57. The first kappa shape index (κ1) is 27.1. The summed E-state index contributed by atoms with van der Waals surface area (Å²) >= 11 is 4.30. The second-order valence-corrected chi connectivity index (χ2v) is 17.9. The molecule has 2 aliphatic rings. The topological polar surface area (TPSA) is 82.4 Å². The van der Waals surface area contributed by atoms with Gasteiger partial charge >= 0.3 is 6.09 Å². The van der Waals surface area contributed by atoms with Crippen molar-refractivity contribution in [1.82, 2.24) is 9.80 Å². The lowest BCUT2D eigenvalue weighted by Crippen LogP contribution is -2.49. The molecular weight excluding hydrogens is 548 g/mol. The number of fused-ring (bicyclic) bond motifs is 1. The molecule has 0 spiro atoms. The van der Waals surface area contributed by atoms with Crippen LogP contribution in [0.15, 0.2) is 27.7 Å². The molecule has 0 radical (unpaired) electrons. The highest BCUT2D eigenvalue weighted by Crippen LogP contribution is 2.67. The zero-order chi connectivity index (χ0) is 25.5. The summed E-state index contributed by atoms with van der Waals surface area (Å²) in [6.45, 7) is 5.51. The number of carboxylic acid groups (broad SMARTS) is 1. The Hall–Kier alpha value is -1.50. The van der Waals surface area contributed by atoms with Crippen molar-refractivity contribution < 1.29 is 28.2 Å². The molecule has 2 amide bonds. The van der Waals surface area contributed by atoms with Crippen LogP contribution in [-0.2, 0) is 15.1 Å². The number of hydrogen-bond acceptors (Lipinski definition) is 5. The molecule has 1 aliphatic carbocycles. The van der Waals surface area contributed by atoms with Gasteiger partial charge in [0.2, 0.25) is 5.91 Å². The van der Waals surface area contributed by atoms with Crippen molar-refractivity contribution in [3.8, 4) is 0 Å². The quantitative estimate of drug-likeness (QED) is 0.267. The van der Waals surface area contributed by atoms with Gasteiger partial charge < -0.3 is 14.7 Å². The molecular formula is C22H30BrF2N3O4SSi. The number of benzene rings is 1. The highest BCUT2D eigenvalue weighted by Gasteiger charge is 2.73. The highest BCUT2D eigenvalue weighted by molar-refractivity contribution is 9.10. The van der Waals surface area contributed by atoms with E-state index < -0.39 is 42.9 Å². The van der Waals surface area contributed by atoms with E-state index in [1.54, 1.807) is 14.1 Å². The Balaban J connectivity index is 2.06. The Morgan fingerprint density at radius 1 is 1.35 bits per heavy atom. The summed E-state index contributed by atoms with van der Waals surface area (Å²) in [5, 5.41) is 9.85. The van der Waals surface area contributed by atoms with Crippen LogP contribution in [0.4, 0.5) is 13.6 Å². The Morgan fingerprint density at radius 2 is 2.03 bits per heavy atom. The minimum Gasteiger partial charge on any atom is -0.465 e. The van der Waals surface area contributed by atoms with E-state index >= 15 is 0 Å². The summed E-state index contributed by atoms with van der Waals surface area (Å²) in [7, 11) is 1.78. The van der Waals surface area contributed by atoms with Crippen molar-refractivity contribution in [2.45, 2.75) is 42.4 Å². The summed E-state index contributed by atoms with van der Waals surface area (Å²) < 4.78 is 34.9. The van der Waals surface area contributed by atoms with Gasteiger partial charge in [0.1, 0.15) is 29.5 Å². The maximum Gasteiger partial charge on any atom is 0.415 e. The molecule has 1 aromatic rings. The van der Waals surface area contributed by atoms with Crippen molar-refractivity contribution in [3.63, 3.8) is 0 Å². The molecule has 1 aromatic carbocycles. The highest BCUT2D eigenvalue weighted by atomic mass is 79.9. The fourth-order valence-corrected chi connectivity index (χ4v) is 6.87. The number of alkyl halides is 1. The van der Waals surface area contributed by atoms with E-state index in [-0.39, 0.29) is 29.8 Å². The smallest absolute Gasteiger partial charge is 0.415 e. The molecule has 1 aliphatic heterocycles. The number of hydrogen-bond donors (Lipinski definition) is 1. The Morgan fingerprint density at radius 3 is 2.59 bits per heavy atom. The van der Waals surface area contributed by atoms with E-state index in [0.29, 0.717) is 11.1 Å². The fourth-order valence-electron chi connectivity index (χ4n) is 4.12. The van der Waals surface area contributed by atoms with Gasteiger partial charge in [0.15, 0.2) is 5.17 Å². The number of rotatable bonds is 8. The van der Waals surface area contributed by atoms with E-state index in [9.17, 15) is 23.5 Å².